The van der Waals surface area contributed by atoms with Crippen molar-refractivity contribution >= 4 is 17.6 Å². The largest absolute Gasteiger partial charge is 0.462 e. The van der Waals surface area contributed by atoms with Gasteiger partial charge in [0, 0.05) is 11.3 Å². The molecule has 0 aliphatic carbocycles. The van der Waals surface area contributed by atoms with Crippen molar-refractivity contribution in [3.8, 4) is 11.4 Å². The van der Waals surface area contributed by atoms with Crippen molar-refractivity contribution < 1.29 is 14.3 Å². The Morgan fingerprint density at radius 2 is 1.81 bits per heavy atom. The first-order valence-electron chi connectivity index (χ1n) is 8.56. The summed E-state index contributed by atoms with van der Waals surface area (Å²) < 4.78 is 5.06. The molecule has 138 valence electrons. The quantitative estimate of drug-likeness (QED) is 0.646. The SMILES string of the molecule is CCCOC(=O)c1ccc(NC(=O)Cn2nnc(-c3ccccc3)n2)cc1. The summed E-state index contributed by atoms with van der Waals surface area (Å²) in [6, 6.07) is 15.9. The topological polar surface area (TPSA) is 99.0 Å². The number of benzene rings is 2. The number of anilines is 1. The van der Waals surface area contributed by atoms with Crippen molar-refractivity contribution in [3.05, 3.63) is 60.2 Å². The van der Waals surface area contributed by atoms with E-state index in [0.29, 0.717) is 23.7 Å². The van der Waals surface area contributed by atoms with Gasteiger partial charge in [-0.25, -0.2) is 4.79 Å². The minimum Gasteiger partial charge on any atom is -0.462 e. The average molecular weight is 365 g/mol. The molecular weight excluding hydrogens is 346 g/mol. The zero-order valence-electron chi connectivity index (χ0n) is 14.8. The Kier molecular flexibility index (Phi) is 5.88. The Labute approximate surface area is 156 Å². The third-order valence-corrected chi connectivity index (χ3v) is 3.61. The second-order valence-electron chi connectivity index (χ2n) is 5.77. The summed E-state index contributed by atoms with van der Waals surface area (Å²) >= 11 is 0. The summed E-state index contributed by atoms with van der Waals surface area (Å²) in [6.45, 7) is 2.24. The maximum atomic E-state index is 12.2. The van der Waals surface area contributed by atoms with Gasteiger partial charge in [0.2, 0.25) is 11.7 Å². The summed E-state index contributed by atoms with van der Waals surface area (Å²) in [5.41, 5.74) is 1.83. The molecule has 1 heterocycles. The molecule has 3 rings (SSSR count). The van der Waals surface area contributed by atoms with Crippen molar-refractivity contribution in [2.75, 3.05) is 11.9 Å². The number of hydrogen-bond donors (Lipinski definition) is 1. The Hall–Kier alpha value is -3.55. The van der Waals surface area contributed by atoms with Crippen LogP contribution in [0.15, 0.2) is 54.6 Å². The van der Waals surface area contributed by atoms with Gasteiger partial charge < -0.3 is 10.1 Å². The van der Waals surface area contributed by atoms with Gasteiger partial charge in [0.1, 0.15) is 6.54 Å². The van der Waals surface area contributed by atoms with Gasteiger partial charge in [-0.15, -0.1) is 10.2 Å². The van der Waals surface area contributed by atoms with Crippen LogP contribution in [0.5, 0.6) is 0 Å². The number of esters is 1. The fourth-order valence-corrected chi connectivity index (χ4v) is 2.31. The summed E-state index contributed by atoms with van der Waals surface area (Å²) in [7, 11) is 0. The lowest BCUT2D eigenvalue weighted by atomic mass is 10.2. The van der Waals surface area contributed by atoms with Crippen LogP contribution in [0.1, 0.15) is 23.7 Å². The van der Waals surface area contributed by atoms with Gasteiger partial charge in [0.25, 0.3) is 0 Å². The van der Waals surface area contributed by atoms with Crippen LogP contribution in [0.3, 0.4) is 0 Å². The molecule has 27 heavy (non-hydrogen) atoms. The molecule has 8 nitrogen and oxygen atoms in total. The van der Waals surface area contributed by atoms with Gasteiger partial charge in [-0.1, -0.05) is 37.3 Å². The second kappa shape index (κ2) is 8.70. The van der Waals surface area contributed by atoms with E-state index in [1.54, 1.807) is 24.3 Å². The van der Waals surface area contributed by atoms with E-state index in [1.165, 1.54) is 4.80 Å². The van der Waals surface area contributed by atoms with Crippen LogP contribution in [0.2, 0.25) is 0 Å². The number of hydrogen-bond acceptors (Lipinski definition) is 6. The highest BCUT2D eigenvalue weighted by Gasteiger charge is 2.10. The van der Waals surface area contributed by atoms with E-state index in [9.17, 15) is 9.59 Å². The molecule has 0 saturated heterocycles. The Bertz CT molecular complexity index is 907. The first kappa shape index (κ1) is 18.2. The molecule has 0 saturated carbocycles. The van der Waals surface area contributed by atoms with Gasteiger partial charge in [-0.3, -0.25) is 4.79 Å². The zero-order chi connectivity index (χ0) is 19.1. The summed E-state index contributed by atoms with van der Waals surface area (Å²) in [5, 5.41) is 14.8. The predicted molar refractivity (Wildman–Crippen MR) is 98.9 cm³/mol. The summed E-state index contributed by atoms with van der Waals surface area (Å²) in [6.07, 6.45) is 0.766. The Morgan fingerprint density at radius 3 is 2.52 bits per heavy atom. The van der Waals surface area contributed by atoms with Crippen molar-refractivity contribution in [2.24, 2.45) is 0 Å². The van der Waals surface area contributed by atoms with E-state index in [2.05, 4.69) is 20.7 Å². The molecule has 0 spiro atoms. The van der Waals surface area contributed by atoms with Gasteiger partial charge >= 0.3 is 5.97 Å². The number of nitrogens with one attached hydrogen (secondary N) is 1. The first-order valence-corrected chi connectivity index (χ1v) is 8.56. The number of carbonyl (C=O) groups excluding carboxylic acids is 2. The monoisotopic (exact) mass is 365 g/mol. The van der Waals surface area contributed by atoms with E-state index in [4.69, 9.17) is 4.74 Å². The van der Waals surface area contributed by atoms with Crippen molar-refractivity contribution in [1.82, 2.24) is 20.2 Å². The molecule has 1 N–H and O–H groups in total. The number of ether oxygens (including phenoxy) is 1. The number of amides is 1. The van der Waals surface area contributed by atoms with Gasteiger partial charge in [-0.05, 0) is 35.9 Å². The third kappa shape index (κ3) is 4.97. The smallest absolute Gasteiger partial charge is 0.338 e. The van der Waals surface area contributed by atoms with E-state index in [0.717, 1.165) is 12.0 Å². The fraction of sp³-hybridized carbons (Fsp3) is 0.211. The van der Waals surface area contributed by atoms with Crippen LogP contribution in [0.4, 0.5) is 5.69 Å². The van der Waals surface area contributed by atoms with Gasteiger partial charge in [0.15, 0.2) is 0 Å². The minimum atomic E-state index is -0.380. The van der Waals surface area contributed by atoms with E-state index in [1.807, 2.05) is 37.3 Å². The molecule has 0 fully saturated rings. The highest BCUT2D eigenvalue weighted by atomic mass is 16.5. The molecule has 0 radical (unpaired) electrons. The summed E-state index contributed by atoms with van der Waals surface area (Å²) in [4.78, 5) is 25.1. The zero-order valence-corrected chi connectivity index (χ0v) is 14.8. The lowest BCUT2D eigenvalue weighted by Gasteiger charge is -2.06. The molecule has 0 atom stereocenters. The normalized spacial score (nSPS) is 10.4. The molecule has 0 aliphatic heterocycles. The Balaban J connectivity index is 1.56. The van der Waals surface area contributed by atoms with Gasteiger partial charge in [0.05, 0.1) is 12.2 Å². The van der Waals surface area contributed by atoms with E-state index in [-0.39, 0.29) is 18.4 Å². The highest BCUT2D eigenvalue weighted by Crippen LogP contribution is 2.13. The van der Waals surface area contributed by atoms with E-state index >= 15 is 0 Å². The Morgan fingerprint density at radius 1 is 1.07 bits per heavy atom. The number of carbonyl (C=O) groups is 2. The lowest BCUT2D eigenvalue weighted by Crippen LogP contribution is -2.20. The molecular formula is C19H19N5O3. The molecule has 0 bridgehead atoms. The van der Waals surface area contributed by atoms with Crippen molar-refractivity contribution in [1.29, 1.82) is 0 Å². The molecule has 8 heteroatoms. The number of nitrogens with zero attached hydrogens (tertiary/aromatic N) is 4. The van der Waals surface area contributed by atoms with Crippen LogP contribution >= 0.6 is 0 Å². The maximum Gasteiger partial charge on any atom is 0.338 e. The molecule has 3 aromatic rings. The molecule has 1 aromatic heterocycles. The van der Waals surface area contributed by atoms with Crippen LogP contribution < -0.4 is 5.32 Å². The van der Waals surface area contributed by atoms with Crippen LogP contribution in [0, 0.1) is 0 Å². The lowest BCUT2D eigenvalue weighted by molar-refractivity contribution is -0.117. The number of tetrazole rings is 1. The first-order chi connectivity index (χ1) is 13.2. The fourth-order valence-electron chi connectivity index (χ4n) is 2.31. The maximum absolute atomic E-state index is 12.2. The molecule has 0 aliphatic rings. The third-order valence-electron chi connectivity index (χ3n) is 3.61. The number of aromatic nitrogens is 4. The van der Waals surface area contributed by atoms with E-state index < -0.39 is 0 Å². The summed E-state index contributed by atoms with van der Waals surface area (Å²) in [5.74, 6) is -0.221. The average Bonchev–Trinajstić information content (AvgIpc) is 3.15. The minimum absolute atomic E-state index is 0.0693. The van der Waals surface area contributed by atoms with Crippen LogP contribution in [0.25, 0.3) is 11.4 Å². The second-order valence-corrected chi connectivity index (χ2v) is 5.77. The van der Waals surface area contributed by atoms with Crippen LogP contribution in [-0.2, 0) is 16.1 Å². The predicted octanol–water partition coefficient (Wildman–Crippen LogP) is 2.55. The molecule has 2 aromatic carbocycles. The number of rotatable bonds is 7. The molecule has 0 unspecified atom stereocenters. The molecule has 1 amide bonds. The standard InChI is InChI=1S/C19H19N5O3/c1-2-12-27-19(26)15-8-10-16(11-9-15)20-17(25)13-24-22-18(21-23-24)14-6-4-3-5-7-14/h3-11H,2,12-13H2,1H3,(H,20,25). The van der Waals surface area contributed by atoms with Crippen molar-refractivity contribution in [2.45, 2.75) is 19.9 Å². The van der Waals surface area contributed by atoms with Crippen LogP contribution in [-0.4, -0.2) is 38.7 Å². The van der Waals surface area contributed by atoms with Crippen molar-refractivity contribution in [3.63, 3.8) is 0 Å². The van der Waals surface area contributed by atoms with Gasteiger partial charge in [-0.2, -0.15) is 4.80 Å². The highest BCUT2D eigenvalue weighted by molar-refractivity contribution is 5.92.